The molecule has 2 amide bonds. The Bertz CT molecular complexity index is 857. The molecular weight excluding hydrogens is 394 g/mol. The first-order valence-electron chi connectivity index (χ1n) is 10.2. The number of sulfonamides is 1. The summed E-state index contributed by atoms with van der Waals surface area (Å²) in [6.45, 7) is 6.50. The minimum atomic E-state index is -3.60. The quantitative estimate of drug-likeness (QED) is 0.740. The maximum Gasteiger partial charge on any atom is 0.409 e. The van der Waals surface area contributed by atoms with Crippen LogP contribution in [0, 0.1) is 6.92 Å². The molecule has 8 nitrogen and oxygen atoms in total. The number of carbonyl (C=O) groups is 2. The number of nitrogens with zero attached hydrogens (tertiary/aromatic N) is 3. The van der Waals surface area contributed by atoms with E-state index in [2.05, 4.69) is 0 Å². The smallest absolute Gasteiger partial charge is 0.409 e. The number of carbonyl (C=O) groups excluding carboxylic acids is 2. The Balaban J connectivity index is 1.75. The van der Waals surface area contributed by atoms with Crippen molar-refractivity contribution in [2.75, 3.05) is 45.9 Å². The fourth-order valence-electron chi connectivity index (χ4n) is 3.72. The van der Waals surface area contributed by atoms with Gasteiger partial charge in [0.25, 0.3) is 5.91 Å². The molecule has 3 rings (SSSR count). The average molecular weight is 424 g/mol. The lowest BCUT2D eigenvalue weighted by atomic mass is 10.1. The lowest BCUT2D eigenvalue weighted by Gasteiger charge is -2.34. The molecule has 1 aromatic rings. The van der Waals surface area contributed by atoms with E-state index in [1.54, 1.807) is 35.8 Å². The average Bonchev–Trinajstić information content (AvgIpc) is 2.74. The zero-order chi connectivity index (χ0) is 21.0. The van der Waals surface area contributed by atoms with Gasteiger partial charge in [0.1, 0.15) is 0 Å². The monoisotopic (exact) mass is 423 g/mol. The number of piperazine rings is 1. The van der Waals surface area contributed by atoms with Crippen LogP contribution in [0.15, 0.2) is 23.1 Å². The van der Waals surface area contributed by atoms with E-state index in [4.69, 9.17) is 4.74 Å². The summed E-state index contributed by atoms with van der Waals surface area (Å²) in [5.41, 5.74) is 1.13. The fourth-order valence-corrected chi connectivity index (χ4v) is 5.27. The van der Waals surface area contributed by atoms with Crippen LogP contribution < -0.4 is 0 Å². The van der Waals surface area contributed by atoms with E-state index in [9.17, 15) is 18.0 Å². The van der Waals surface area contributed by atoms with Crippen LogP contribution >= 0.6 is 0 Å². The summed E-state index contributed by atoms with van der Waals surface area (Å²) in [5.74, 6) is -0.207. The third-order valence-corrected chi connectivity index (χ3v) is 7.38. The molecule has 0 N–H and O–H groups in total. The highest BCUT2D eigenvalue weighted by atomic mass is 32.2. The SMILES string of the molecule is CCOC(=O)N1CCN(C(=O)c2cc(S(=O)(=O)N3CCCCC3)ccc2C)CC1. The molecule has 29 heavy (non-hydrogen) atoms. The van der Waals surface area contributed by atoms with Crippen LogP contribution in [0.25, 0.3) is 0 Å². The van der Waals surface area contributed by atoms with E-state index in [0.29, 0.717) is 51.4 Å². The van der Waals surface area contributed by atoms with E-state index >= 15 is 0 Å². The highest BCUT2D eigenvalue weighted by Crippen LogP contribution is 2.24. The first-order valence-corrected chi connectivity index (χ1v) is 11.6. The van der Waals surface area contributed by atoms with E-state index < -0.39 is 10.0 Å². The largest absolute Gasteiger partial charge is 0.450 e. The van der Waals surface area contributed by atoms with Gasteiger partial charge >= 0.3 is 6.09 Å². The van der Waals surface area contributed by atoms with Crippen LogP contribution in [0.5, 0.6) is 0 Å². The Morgan fingerprint density at radius 3 is 2.21 bits per heavy atom. The van der Waals surface area contributed by atoms with Gasteiger partial charge in [-0.05, 0) is 44.4 Å². The highest BCUT2D eigenvalue weighted by Gasteiger charge is 2.29. The molecule has 2 heterocycles. The molecule has 9 heteroatoms. The summed E-state index contributed by atoms with van der Waals surface area (Å²) in [5, 5.41) is 0. The molecule has 0 aromatic heterocycles. The predicted molar refractivity (Wildman–Crippen MR) is 108 cm³/mol. The number of hydrogen-bond acceptors (Lipinski definition) is 5. The zero-order valence-corrected chi connectivity index (χ0v) is 17.9. The van der Waals surface area contributed by atoms with Gasteiger partial charge in [0.2, 0.25) is 10.0 Å². The maximum absolute atomic E-state index is 13.1. The summed E-state index contributed by atoms with van der Waals surface area (Å²) >= 11 is 0. The zero-order valence-electron chi connectivity index (χ0n) is 17.1. The second kappa shape index (κ2) is 9.13. The number of piperidine rings is 1. The van der Waals surface area contributed by atoms with Gasteiger partial charge in [-0.25, -0.2) is 13.2 Å². The summed E-state index contributed by atoms with van der Waals surface area (Å²) in [4.78, 5) is 28.3. The molecule has 2 aliphatic rings. The molecule has 0 bridgehead atoms. The van der Waals surface area contributed by atoms with Crippen LogP contribution in [0.4, 0.5) is 4.79 Å². The molecule has 0 spiro atoms. The van der Waals surface area contributed by atoms with Crippen molar-refractivity contribution in [3.8, 4) is 0 Å². The second-order valence-corrected chi connectivity index (χ2v) is 9.36. The van der Waals surface area contributed by atoms with Crippen LogP contribution in [0.3, 0.4) is 0 Å². The molecule has 2 saturated heterocycles. The van der Waals surface area contributed by atoms with Crippen molar-refractivity contribution in [2.24, 2.45) is 0 Å². The minimum Gasteiger partial charge on any atom is -0.450 e. The van der Waals surface area contributed by atoms with Crippen molar-refractivity contribution in [1.82, 2.24) is 14.1 Å². The Morgan fingerprint density at radius 2 is 1.59 bits per heavy atom. The summed E-state index contributed by atoms with van der Waals surface area (Å²) in [7, 11) is -3.60. The van der Waals surface area contributed by atoms with Crippen LogP contribution in [0.1, 0.15) is 42.1 Å². The van der Waals surface area contributed by atoms with Gasteiger partial charge in [-0.3, -0.25) is 4.79 Å². The number of amides is 2. The third kappa shape index (κ3) is 4.72. The van der Waals surface area contributed by atoms with Crippen LogP contribution in [-0.2, 0) is 14.8 Å². The number of ether oxygens (including phenoxy) is 1. The molecule has 0 aliphatic carbocycles. The molecule has 1 aromatic carbocycles. The van der Waals surface area contributed by atoms with Crippen molar-refractivity contribution >= 4 is 22.0 Å². The highest BCUT2D eigenvalue weighted by molar-refractivity contribution is 7.89. The van der Waals surface area contributed by atoms with E-state index in [-0.39, 0.29) is 16.9 Å². The van der Waals surface area contributed by atoms with Gasteiger partial charge in [-0.1, -0.05) is 12.5 Å². The number of rotatable bonds is 4. The molecule has 0 radical (unpaired) electrons. The molecule has 0 atom stereocenters. The summed E-state index contributed by atoms with van der Waals surface area (Å²) in [6, 6.07) is 4.77. The van der Waals surface area contributed by atoms with Crippen molar-refractivity contribution in [1.29, 1.82) is 0 Å². The molecule has 0 unspecified atom stereocenters. The van der Waals surface area contributed by atoms with Gasteiger partial charge in [-0.2, -0.15) is 4.31 Å². The summed E-state index contributed by atoms with van der Waals surface area (Å²) < 4.78 is 32.5. The maximum atomic E-state index is 13.1. The molecule has 0 saturated carbocycles. The number of aryl methyl sites for hydroxylation is 1. The lowest BCUT2D eigenvalue weighted by molar-refractivity contribution is 0.0569. The standard InChI is InChI=1S/C20H29N3O5S/c1-3-28-20(25)22-13-11-21(12-14-22)19(24)18-15-17(8-7-16(18)2)29(26,27)23-9-5-4-6-10-23/h7-8,15H,3-6,9-14H2,1-2H3. The normalized spacial score (nSPS) is 18.6. The van der Waals surface area contributed by atoms with E-state index in [0.717, 1.165) is 24.8 Å². The second-order valence-electron chi connectivity index (χ2n) is 7.42. The first-order chi connectivity index (χ1) is 13.8. The Morgan fingerprint density at radius 1 is 0.966 bits per heavy atom. The van der Waals surface area contributed by atoms with Gasteiger partial charge in [0, 0.05) is 44.8 Å². The Kier molecular flexibility index (Phi) is 6.79. The summed E-state index contributed by atoms with van der Waals surface area (Å²) in [6.07, 6.45) is 2.40. The molecular formula is C20H29N3O5S. The van der Waals surface area contributed by atoms with Gasteiger partial charge in [-0.15, -0.1) is 0 Å². The molecule has 160 valence electrons. The topological polar surface area (TPSA) is 87.2 Å². The van der Waals surface area contributed by atoms with Crippen molar-refractivity contribution < 1.29 is 22.7 Å². The van der Waals surface area contributed by atoms with Crippen LogP contribution in [0.2, 0.25) is 0 Å². The third-order valence-electron chi connectivity index (χ3n) is 5.49. The van der Waals surface area contributed by atoms with Crippen molar-refractivity contribution in [2.45, 2.75) is 38.0 Å². The lowest BCUT2D eigenvalue weighted by Crippen LogP contribution is -2.50. The van der Waals surface area contributed by atoms with Crippen molar-refractivity contribution in [3.63, 3.8) is 0 Å². The molecule has 2 fully saturated rings. The minimum absolute atomic E-state index is 0.165. The Hall–Kier alpha value is -2.13. The van der Waals surface area contributed by atoms with Gasteiger partial charge in [0.15, 0.2) is 0 Å². The fraction of sp³-hybridized carbons (Fsp3) is 0.600. The van der Waals surface area contributed by atoms with E-state index in [1.807, 2.05) is 0 Å². The first kappa shape index (κ1) is 21.6. The van der Waals surface area contributed by atoms with E-state index in [1.165, 1.54) is 10.4 Å². The molecule has 2 aliphatic heterocycles. The number of hydrogen-bond donors (Lipinski definition) is 0. The number of benzene rings is 1. The van der Waals surface area contributed by atoms with Gasteiger partial charge < -0.3 is 14.5 Å². The van der Waals surface area contributed by atoms with Gasteiger partial charge in [0.05, 0.1) is 11.5 Å². The Labute approximate surface area is 172 Å². The predicted octanol–water partition coefficient (Wildman–Crippen LogP) is 2.08. The van der Waals surface area contributed by atoms with Crippen LogP contribution in [-0.4, -0.2) is 80.4 Å². The van der Waals surface area contributed by atoms with Crippen molar-refractivity contribution in [3.05, 3.63) is 29.3 Å².